The summed E-state index contributed by atoms with van der Waals surface area (Å²) in [5.74, 6) is -0.212. The molecule has 0 saturated heterocycles. The van der Waals surface area contributed by atoms with Gasteiger partial charge in [-0.05, 0) is 46.1 Å². The van der Waals surface area contributed by atoms with Crippen LogP contribution in [0.5, 0.6) is 0 Å². The molecule has 2 aliphatic rings. The Labute approximate surface area is 229 Å². The maximum Gasteiger partial charge on any atom is 0.516 e. The Morgan fingerprint density at radius 3 is 2.55 bits per heavy atom. The molecule has 1 aliphatic heterocycles. The molecule has 202 valence electrons. The van der Waals surface area contributed by atoms with Gasteiger partial charge in [-0.1, -0.05) is 36.7 Å². The number of sulfonamides is 1. The minimum atomic E-state index is -5.71. The first kappa shape index (κ1) is 28.0. The van der Waals surface area contributed by atoms with Crippen LogP contribution >= 0.6 is 27.5 Å². The first-order valence-electron chi connectivity index (χ1n) is 11.2. The summed E-state index contributed by atoms with van der Waals surface area (Å²) in [6, 6.07) is 7.35. The quantitative estimate of drug-likeness (QED) is 0.216. The molecule has 2 heterocycles. The third-order valence-electron chi connectivity index (χ3n) is 5.72. The molecule has 0 atom stereocenters. The van der Waals surface area contributed by atoms with Gasteiger partial charge >= 0.3 is 21.5 Å². The van der Waals surface area contributed by atoms with Crippen molar-refractivity contribution in [3.63, 3.8) is 0 Å². The van der Waals surface area contributed by atoms with E-state index < -0.39 is 21.5 Å². The Morgan fingerprint density at radius 2 is 1.89 bits per heavy atom. The number of anilines is 1. The molecule has 14 heteroatoms. The highest BCUT2D eigenvalue weighted by atomic mass is 79.9. The Morgan fingerprint density at radius 1 is 1.18 bits per heavy atom. The number of ether oxygens (including phenoxy) is 1. The van der Waals surface area contributed by atoms with Crippen LogP contribution in [0.4, 0.5) is 18.9 Å². The first-order chi connectivity index (χ1) is 17.9. The predicted octanol–water partition coefficient (Wildman–Crippen LogP) is 6.71. The number of nitrogens with zero attached hydrogens (tertiary/aromatic N) is 2. The second kappa shape index (κ2) is 10.6. The monoisotopic (exact) mass is 633 g/mol. The standard InChI is InChI=1S/C24H20BrClF3N3O5S/c1-3-18-30-22(26)21(23(33)37-4-2)32(18)11-15-13-9-10-36-12-16(13)20(25)19(15)14-7-5-6-8-17(14)31-38(34,35)24(27,28)29/h5-10,12,31H,3-4,11H2,1-2H3. The molecular weight excluding hydrogens is 615 g/mol. The van der Waals surface area contributed by atoms with Crippen LogP contribution in [0.25, 0.3) is 22.3 Å². The van der Waals surface area contributed by atoms with E-state index in [0.717, 1.165) is 0 Å². The molecule has 0 amide bonds. The lowest BCUT2D eigenvalue weighted by molar-refractivity contribution is -0.0429. The summed E-state index contributed by atoms with van der Waals surface area (Å²) in [6.07, 6.45) is 3.28. The topological polar surface area (TPSA) is 103 Å². The van der Waals surface area contributed by atoms with Crippen LogP contribution in [-0.2, 0) is 27.7 Å². The summed E-state index contributed by atoms with van der Waals surface area (Å²) in [4.78, 5) is 17.1. The van der Waals surface area contributed by atoms with Gasteiger partial charge in [0.2, 0.25) is 0 Å². The molecular formula is C24H20BrClF3N3O5S. The van der Waals surface area contributed by atoms with E-state index in [1.54, 1.807) is 28.3 Å². The van der Waals surface area contributed by atoms with Gasteiger partial charge in [0, 0.05) is 27.6 Å². The molecule has 0 unspecified atom stereocenters. The number of imidazole rings is 1. The third kappa shape index (κ3) is 5.02. The fraction of sp³-hybridized carbons (Fsp3) is 0.250. The number of halogens is 5. The molecule has 0 fully saturated rings. The normalized spacial score (nSPS) is 12.2. The Bertz CT molecular complexity index is 1580. The molecule has 1 aromatic heterocycles. The first-order valence-corrected chi connectivity index (χ1v) is 13.8. The number of carbonyl (C=O) groups excluding carboxylic acids is 1. The summed E-state index contributed by atoms with van der Waals surface area (Å²) in [6.45, 7) is 3.59. The zero-order chi connectivity index (χ0) is 27.8. The number of nitrogens with one attached hydrogen (secondary N) is 1. The van der Waals surface area contributed by atoms with Crippen molar-refractivity contribution in [2.45, 2.75) is 32.3 Å². The number of hydrogen-bond acceptors (Lipinski definition) is 6. The summed E-state index contributed by atoms with van der Waals surface area (Å²) in [5, 5.41) is -0.0508. The molecule has 1 aliphatic carbocycles. The van der Waals surface area contributed by atoms with Gasteiger partial charge in [0.05, 0.1) is 31.4 Å². The van der Waals surface area contributed by atoms with E-state index in [9.17, 15) is 26.4 Å². The molecule has 1 aromatic carbocycles. The number of carbonyl (C=O) groups is 1. The lowest BCUT2D eigenvalue weighted by atomic mass is 10.0. The summed E-state index contributed by atoms with van der Waals surface area (Å²) in [5.41, 5.74) is -3.45. The van der Waals surface area contributed by atoms with E-state index in [2.05, 4.69) is 20.9 Å². The third-order valence-corrected chi connectivity index (χ3v) is 7.91. The van der Waals surface area contributed by atoms with E-state index >= 15 is 0 Å². The fourth-order valence-electron chi connectivity index (χ4n) is 4.10. The number of aromatic nitrogens is 2. The van der Waals surface area contributed by atoms with Crippen LogP contribution in [0.2, 0.25) is 5.15 Å². The Balaban J connectivity index is 1.97. The van der Waals surface area contributed by atoms with Crippen molar-refractivity contribution in [2.24, 2.45) is 0 Å². The predicted molar refractivity (Wildman–Crippen MR) is 139 cm³/mol. The van der Waals surface area contributed by atoms with E-state index in [4.69, 9.17) is 20.8 Å². The molecule has 1 N–H and O–H groups in total. The van der Waals surface area contributed by atoms with Crippen molar-refractivity contribution in [3.05, 3.63) is 69.6 Å². The molecule has 0 radical (unpaired) electrons. The van der Waals surface area contributed by atoms with Crippen molar-refractivity contribution in [1.82, 2.24) is 9.55 Å². The zero-order valence-electron chi connectivity index (χ0n) is 19.9. The minimum absolute atomic E-state index is 0.0127. The molecule has 2 aromatic rings. The van der Waals surface area contributed by atoms with Gasteiger partial charge in [-0.25, -0.2) is 9.78 Å². The number of rotatable bonds is 8. The molecule has 38 heavy (non-hydrogen) atoms. The van der Waals surface area contributed by atoms with Gasteiger partial charge in [-0.15, -0.1) is 0 Å². The molecule has 0 bridgehead atoms. The van der Waals surface area contributed by atoms with Gasteiger partial charge in [-0.3, -0.25) is 4.72 Å². The van der Waals surface area contributed by atoms with Crippen molar-refractivity contribution >= 4 is 49.2 Å². The molecule has 0 spiro atoms. The number of alkyl halides is 3. The average molecular weight is 635 g/mol. The van der Waals surface area contributed by atoms with Crippen LogP contribution < -0.4 is 4.72 Å². The number of hydrogen-bond donors (Lipinski definition) is 1. The minimum Gasteiger partial charge on any atom is -0.472 e. The smallest absolute Gasteiger partial charge is 0.472 e. The van der Waals surface area contributed by atoms with Gasteiger partial charge in [0.25, 0.3) is 0 Å². The summed E-state index contributed by atoms with van der Waals surface area (Å²) < 4.78 is 77.7. The summed E-state index contributed by atoms with van der Waals surface area (Å²) >= 11 is 9.82. The number of para-hydroxylation sites is 1. The van der Waals surface area contributed by atoms with Crippen LogP contribution in [0, 0.1) is 0 Å². The second-order valence-corrected chi connectivity index (χ2v) is 10.8. The van der Waals surface area contributed by atoms with Crippen molar-refractivity contribution in [2.75, 3.05) is 11.3 Å². The van der Waals surface area contributed by atoms with Crippen LogP contribution in [0.3, 0.4) is 0 Å². The van der Waals surface area contributed by atoms with Gasteiger partial charge in [0.1, 0.15) is 5.82 Å². The van der Waals surface area contributed by atoms with Crippen LogP contribution in [-0.4, -0.2) is 36.1 Å². The maximum atomic E-state index is 13.2. The lowest BCUT2D eigenvalue weighted by Gasteiger charge is -2.17. The van der Waals surface area contributed by atoms with E-state index in [1.807, 2.05) is 6.92 Å². The van der Waals surface area contributed by atoms with Crippen molar-refractivity contribution in [1.29, 1.82) is 0 Å². The lowest BCUT2D eigenvalue weighted by Crippen LogP contribution is -2.30. The van der Waals surface area contributed by atoms with Gasteiger partial charge < -0.3 is 13.7 Å². The second-order valence-electron chi connectivity index (χ2n) is 7.98. The van der Waals surface area contributed by atoms with E-state index in [-0.39, 0.29) is 35.2 Å². The van der Waals surface area contributed by atoms with E-state index in [1.165, 1.54) is 30.7 Å². The number of esters is 1. The van der Waals surface area contributed by atoms with Crippen molar-refractivity contribution in [3.8, 4) is 22.3 Å². The largest absolute Gasteiger partial charge is 0.516 e. The fourth-order valence-corrected chi connectivity index (χ4v) is 5.72. The van der Waals surface area contributed by atoms with Crippen molar-refractivity contribution < 1.29 is 35.5 Å². The van der Waals surface area contributed by atoms with E-state index in [0.29, 0.717) is 39.0 Å². The SMILES string of the molecule is CCOC(=O)c1c(Cl)nc(CC)n1Cc1c2ccocc-2c(Br)c1-c1ccccc1NS(=O)(=O)C(F)(F)F. The molecule has 0 saturated carbocycles. The average Bonchev–Trinajstić information content (AvgIpc) is 3.32. The Hall–Kier alpha value is -3.03. The highest BCUT2D eigenvalue weighted by molar-refractivity contribution is 9.10. The number of aryl methyl sites for hydroxylation is 1. The van der Waals surface area contributed by atoms with Crippen LogP contribution in [0.15, 0.2) is 51.7 Å². The molecule has 4 rings (SSSR count). The number of fused-ring (bicyclic) bond motifs is 1. The van der Waals surface area contributed by atoms with Gasteiger partial charge in [0.15, 0.2) is 10.8 Å². The van der Waals surface area contributed by atoms with Crippen LogP contribution in [0.1, 0.15) is 35.7 Å². The number of benzene rings is 1. The molecule has 8 nitrogen and oxygen atoms in total. The van der Waals surface area contributed by atoms with Gasteiger partial charge in [-0.2, -0.15) is 21.6 Å². The zero-order valence-corrected chi connectivity index (χ0v) is 23.1. The highest BCUT2D eigenvalue weighted by Crippen LogP contribution is 2.48. The highest BCUT2D eigenvalue weighted by Gasteiger charge is 2.46. The summed E-state index contributed by atoms with van der Waals surface area (Å²) in [7, 11) is -5.71. The Kier molecular flexibility index (Phi) is 7.82. The maximum absolute atomic E-state index is 13.2.